The number of nitrogens with one attached hydrogen (secondary N) is 19. The lowest BCUT2D eigenvalue weighted by Crippen LogP contribution is -2.62. The van der Waals surface area contributed by atoms with Crippen LogP contribution in [0, 0.1) is 45.8 Å². The average Bonchev–Trinajstić information content (AvgIpc) is 1.65. The second kappa shape index (κ2) is 59.2. The van der Waals surface area contributed by atoms with Crippen molar-refractivity contribution in [3.63, 3.8) is 0 Å². The molecule has 0 bridgehead atoms. The molecule has 18 atom stereocenters. The van der Waals surface area contributed by atoms with Crippen molar-refractivity contribution in [2.45, 2.75) is 339 Å². The normalized spacial score (nSPS) is 18.1. The molecule has 3 aliphatic rings. The molecule has 0 radical (unpaired) electrons. The Morgan fingerprint density at radius 2 is 0.773 bits per heavy atom. The molecular formula is C85H152N26O21. The Labute approximate surface area is 771 Å². The van der Waals surface area contributed by atoms with Gasteiger partial charge in [-0.05, 0) is 172 Å². The summed E-state index contributed by atoms with van der Waals surface area (Å²) in [7, 11) is 0. The van der Waals surface area contributed by atoms with E-state index in [1.54, 1.807) is 48.5 Å². The predicted octanol–water partition coefficient (Wildman–Crippen LogP) is -4.97. The number of hydrogen-bond acceptors (Lipinski definition) is 24. The van der Waals surface area contributed by atoms with E-state index in [1.165, 1.54) is 23.6 Å². The van der Waals surface area contributed by atoms with Crippen LogP contribution in [0.3, 0.4) is 0 Å². The van der Waals surface area contributed by atoms with E-state index < -0.39 is 234 Å². The van der Waals surface area contributed by atoms with Crippen molar-refractivity contribution in [1.29, 1.82) is 16.2 Å². The molecule has 2 heterocycles. The fourth-order valence-corrected chi connectivity index (χ4v) is 15.7. The number of aliphatic hydroxyl groups excluding tert-OH is 2. The summed E-state index contributed by atoms with van der Waals surface area (Å²) in [6.45, 7) is 17.1. The molecule has 33 N–H and O–H groups in total. The first kappa shape index (κ1) is 115. The highest BCUT2D eigenvalue weighted by Crippen LogP contribution is 2.29. The largest absolute Gasteiger partial charge is 0.481 e. The van der Waals surface area contributed by atoms with Gasteiger partial charge in [0.2, 0.25) is 88.6 Å². The number of carboxylic acids is 2. The van der Waals surface area contributed by atoms with Crippen molar-refractivity contribution < 1.29 is 102 Å². The minimum absolute atomic E-state index is 0.00944. The van der Waals surface area contributed by atoms with Crippen LogP contribution in [0.4, 0.5) is 0 Å². The zero-order valence-corrected chi connectivity index (χ0v) is 78.3. The van der Waals surface area contributed by atoms with E-state index in [4.69, 9.17) is 50.0 Å². The van der Waals surface area contributed by atoms with E-state index in [2.05, 4.69) is 85.1 Å². The maximum atomic E-state index is 15.0. The lowest BCUT2D eigenvalue weighted by molar-refractivity contribution is -0.145. The predicted molar refractivity (Wildman–Crippen MR) is 487 cm³/mol. The molecular weight excluding hydrogens is 1720 g/mol. The van der Waals surface area contributed by atoms with Crippen molar-refractivity contribution in [1.82, 2.24) is 94.9 Å². The van der Waals surface area contributed by atoms with Crippen LogP contribution < -0.4 is 114 Å². The van der Waals surface area contributed by atoms with Crippen LogP contribution in [0.15, 0.2) is 0 Å². The first-order valence-electron chi connectivity index (χ1n) is 46.1. The molecule has 47 heteroatoms. The van der Waals surface area contributed by atoms with Gasteiger partial charge < -0.3 is 144 Å². The minimum Gasteiger partial charge on any atom is -0.481 e. The number of aliphatic hydroxyl groups is 2. The molecule has 0 spiro atoms. The highest BCUT2D eigenvalue weighted by atomic mass is 16.4. The monoisotopic (exact) mass is 1870 g/mol. The maximum absolute atomic E-state index is 15.0. The van der Waals surface area contributed by atoms with Crippen molar-refractivity contribution in [2.75, 3.05) is 45.9 Å². The Kier molecular flexibility index (Phi) is 51.5. The second-order valence-corrected chi connectivity index (χ2v) is 35.9. The molecule has 3 rings (SSSR count). The quantitative estimate of drug-likeness (QED) is 0.0154. The van der Waals surface area contributed by atoms with E-state index >= 15 is 4.79 Å². The summed E-state index contributed by atoms with van der Waals surface area (Å²) in [6.07, 6.45) is 3.94. The molecule has 15 amide bonds. The molecule has 0 aromatic carbocycles. The lowest BCUT2D eigenvalue weighted by atomic mass is 9.84. The Balaban J connectivity index is 1.91. The fraction of sp³-hybridized carbons (Fsp3) is 0.765. The van der Waals surface area contributed by atoms with Gasteiger partial charge in [-0.2, -0.15) is 0 Å². The third-order valence-corrected chi connectivity index (χ3v) is 23.2. The van der Waals surface area contributed by atoms with Crippen LogP contribution in [-0.4, -0.2) is 297 Å². The number of unbranched alkanes of at least 4 members (excludes halogenated alkanes) is 1. The maximum Gasteiger partial charge on any atom is 0.326 e. The van der Waals surface area contributed by atoms with Gasteiger partial charge in [-0.15, -0.1) is 0 Å². The number of carbonyl (C=O) groups is 17. The summed E-state index contributed by atoms with van der Waals surface area (Å²) >= 11 is 0. The molecule has 0 aromatic rings. The Morgan fingerprint density at radius 3 is 1.20 bits per heavy atom. The number of aliphatic carboxylic acids is 2. The summed E-state index contributed by atoms with van der Waals surface area (Å²) < 4.78 is 0. The molecule has 2 aliphatic heterocycles. The van der Waals surface area contributed by atoms with E-state index in [9.17, 15) is 92.0 Å². The van der Waals surface area contributed by atoms with Gasteiger partial charge in [-0.3, -0.25) is 92.9 Å². The van der Waals surface area contributed by atoms with Gasteiger partial charge in [-0.1, -0.05) is 93.9 Å². The number of carbonyl (C=O) groups excluding carboxylic acids is 15. The van der Waals surface area contributed by atoms with Gasteiger partial charge in [0.15, 0.2) is 17.9 Å². The first-order valence-corrected chi connectivity index (χ1v) is 46.1. The van der Waals surface area contributed by atoms with Crippen molar-refractivity contribution >= 4 is 118 Å². The molecule has 47 nitrogen and oxygen atoms in total. The summed E-state index contributed by atoms with van der Waals surface area (Å²) in [5, 5.41) is 106. The van der Waals surface area contributed by atoms with Crippen LogP contribution in [-0.2, 0) is 81.5 Å². The molecule has 2 saturated heterocycles. The van der Waals surface area contributed by atoms with E-state index in [1.807, 2.05) is 6.92 Å². The van der Waals surface area contributed by atoms with Gasteiger partial charge in [-0.25, -0.2) is 4.79 Å². The summed E-state index contributed by atoms with van der Waals surface area (Å²) in [5.41, 5.74) is 28.1. The Morgan fingerprint density at radius 1 is 0.394 bits per heavy atom. The van der Waals surface area contributed by atoms with Gasteiger partial charge >= 0.3 is 11.9 Å². The van der Waals surface area contributed by atoms with Gasteiger partial charge in [0.05, 0.1) is 18.8 Å². The number of rotatable bonds is 60. The van der Waals surface area contributed by atoms with E-state index in [-0.39, 0.29) is 152 Å². The summed E-state index contributed by atoms with van der Waals surface area (Å²) in [6, 6.07) is -22.4. The number of amides is 15. The number of nitrogens with zero attached hydrogens (tertiary/aromatic N) is 2. The standard InChI is InChI=1S/C85H152N26O21/c1-12-47(8)65(81(130)111-38-22-30-63(111)78(127)102-56(82(131)132)25-16-17-33-86)108-75(124)60(42-51-23-14-13-15-24-51)106-71(120)53(26-18-34-94-83(88)89)99-72(121)58(40-45(4)5)104-70(119)54(27-19-35-95-84(90)91)100-76(125)61(43-112)107-79(128)66(50(11)113)109-74(123)59(41-46(6)7)105-73(122)57(39-44(2)3)103-68(117)49(10)98-77(126)62-29-21-37-110(62)80(129)55(28-20-36-96-85(92)93)101-67(116)48(9)97-69(118)52(87)31-32-64(114)115/h44-63,65-66,112-113H,12-43,86-87H2,1-11H3,(H,97,118)(H,98,126)(H,99,121)(H,100,125)(H,101,116)(H,102,127)(H,103,117)(H,104,119)(H,105,122)(H,106,120)(H,107,128)(H,108,124)(H,109,123)(H,114,115)(H,131,132)(H4,88,89,94)(H4,90,91,95)(H4,92,93,96)/t47?,48?,49-,50?,52?,53?,54?,55-,56?,57?,58-,59-,60-,61-,62?,63-,65?,66?/m0/s1. The highest BCUT2D eigenvalue weighted by molar-refractivity contribution is 6.01. The molecule has 1 aliphatic carbocycles. The number of hydrogen-bond donors (Lipinski definition) is 28. The smallest absolute Gasteiger partial charge is 0.326 e. The van der Waals surface area contributed by atoms with E-state index in [0.717, 1.165) is 26.2 Å². The SMILES string of the molecule is CCC(C)C(NC(=O)[C@H](CC1CCCCC1)NC(=O)C(CCCNC(=N)N)NC(=O)[C@H](CC(C)C)NC(=O)C(CCCNC(=N)N)NC(=O)[C@H](CO)NC(=O)C(NC(=O)[C@H](CC(C)C)NC(=O)C(CC(C)C)NC(=O)[C@H](C)NC(=O)C1CCCN1C(=O)[C@H](CCCNC(=N)N)NC(=O)C(C)NC(=O)C(N)CCC(=O)O)C(C)O)C(=O)N1CCC[C@H]1C(=O)NC(CCCCN)C(=O)O. The van der Waals surface area contributed by atoms with Crippen molar-refractivity contribution in [3.8, 4) is 0 Å². The van der Waals surface area contributed by atoms with Crippen LogP contribution in [0.25, 0.3) is 0 Å². The number of likely N-dealkylation sites (tertiary alicyclic amines) is 2. The fourth-order valence-electron chi connectivity index (χ4n) is 15.7. The van der Waals surface area contributed by atoms with Crippen LogP contribution >= 0.6 is 0 Å². The third-order valence-electron chi connectivity index (χ3n) is 23.2. The number of guanidine groups is 3. The lowest BCUT2D eigenvalue weighted by Gasteiger charge is -2.34. The first-order chi connectivity index (χ1) is 62.1. The van der Waals surface area contributed by atoms with Gasteiger partial charge in [0.1, 0.15) is 90.6 Å². The second-order valence-electron chi connectivity index (χ2n) is 35.9. The molecule has 3 fully saturated rings. The average molecular weight is 1870 g/mol. The zero-order valence-electron chi connectivity index (χ0n) is 78.3. The molecule has 11 unspecified atom stereocenters. The third kappa shape index (κ3) is 41.2. The van der Waals surface area contributed by atoms with Crippen LogP contribution in [0.2, 0.25) is 0 Å². The van der Waals surface area contributed by atoms with Crippen molar-refractivity contribution in [3.05, 3.63) is 0 Å². The summed E-state index contributed by atoms with van der Waals surface area (Å²) in [5.74, 6) is -18.3. The molecule has 1 saturated carbocycles. The Bertz CT molecular complexity index is 3870. The van der Waals surface area contributed by atoms with Gasteiger partial charge in [0, 0.05) is 39.1 Å². The topological polar surface area (TPSA) is 772 Å². The van der Waals surface area contributed by atoms with Crippen LogP contribution in [0.1, 0.15) is 237 Å². The molecule has 132 heavy (non-hydrogen) atoms. The molecule has 0 aromatic heterocycles. The molecule has 748 valence electrons. The minimum atomic E-state index is -1.93. The summed E-state index contributed by atoms with van der Waals surface area (Å²) in [4.78, 5) is 241. The van der Waals surface area contributed by atoms with Crippen LogP contribution in [0.5, 0.6) is 0 Å². The zero-order chi connectivity index (χ0) is 99.3. The Hall–Kier alpha value is -11.4. The van der Waals surface area contributed by atoms with Gasteiger partial charge in [0.25, 0.3) is 0 Å². The van der Waals surface area contributed by atoms with Crippen molar-refractivity contribution in [2.24, 2.45) is 58.3 Å². The number of nitrogens with two attached hydrogens (primary N) is 5. The highest BCUT2D eigenvalue weighted by Gasteiger charge is 2.45. The van der Waals surface area contributed by atoms with E-state index in [0.29, 0.717) is 51.5 Å². The number of carboxylic acid groups (broad SMARTS) is 2.